The topological polar surface area (TPSA) is 34.9 Å². The number of aromatic nitrogens is 2. The lowest BCUT2D eigenvalue weighted by atomic mass is 10.1. The van der Waals surface area contributed by atoms with Crippen LogP contribution in [-0.4, -0.2) is 9.55 Å². The minimum Gasteiger partial charge on any atom is -0.292 e. The molecule has 132 valence electrons. The highest BCUT2D eigenvalue weighted by atomic mass is 79.9. The zero-order valence-corrected chi connectivity index (χ0v) is 14.9. The predicted octanol–water partition coefficient (Wildman–Crippen LogP) is 5.12. The quantitative estimate of drug-likeness (QED) is 0.547. The van der Waals surface area contributed by atoms with Crippen molar-refractivity contribution in [3.8, 4) is 0 Å². The van der Waals surface area contributed by atoms with Crippen molar-refractivity contribution in [3.63, 3.8) is 0 Å². The molecule has 2 heterocycles. The van der Waals surface area contributed by atoms with Crippen LogP contribution in [0.4, 0.5) is 13.2 Å². The molecule has 1 aliphatic heterocycles. The van der Waals surface area contributed by atoms with Gasteiger partial charge in [-0.15, -0.1) is 0 Å². The van der Waals surface area contributed by atoms with E-state index in [1.54, 1.807) is 0 Å². The normalized spacial score (nSPS) is 15.6. The Balaban J connectivity index is 1.87. The lowest BCUT2D eigenvalue weighted by Gasteiger charge is -2.09. The van der Waals surface area contributed by atoms with Gasteiger partial charge in [-0.3, -0.25) is 9.36 Å². The minimum atomic E-state index is -4.47. The Hall–Kier alpha value is -2.41. The van der Waals surface area contributed by atoms with E-state index in [4.69, 9.17) is 0 Å². The van der Waals surface area contributed by atoms with Gasteiger partial charge in [0, 0.05) is 11.0 Å². The van der Waals surface area contributed by atoms with E-state index in [1.807, 2.05) is 30.3 Å². The third kappa shape index (κ3) is 2.96. The Labute approximate surface area is 154 Å². The Morgan fingerprint density at radius 1 is 1.12 bits per heavy atom. The second-order valence-electron chi connectivity index (χ2n) is 6.09. The molecule has 0 saturated heterocycles. The molecule has 1 aromatic heterocycles. The van der Waals surface area contributed by atoms with Gasteiger partial charge in [0.05, 0.1) is 16.5 Å². The van der Waals surface area contributed by atoms with Gasteiger partial charge in [-0.2, -0.15) is 13.2 Å². The largest absolute Gasteiger partial charge is 0.416 e. The van der Waals surface area contributed by atoms with Crippen LogP contribution >= 0.6 is 15.9 Å². The monoisotopic (exact) mass is 420 g/mol. The maximum Gasteiger partial charge on any atom is 0.416 e. The van der Waals surface area contributed by atoms with Crippen LogP contribution in [0.2, 0.25) is 0 Å². The molecule has 1 aliphatic rings. The molecule has 3 nitrogen and oxygen atoms in total. The summed E-state index contributed by atoms with van der Waals surface area (Å²) in [6.07, 6.45) is -1.95. The molecule has 0 aliphatic carbocycles. The molecule has 0 amide bonds. The van der Waals surface area contributed by atoms with Crippen LogP contribution in [0.25, 0.3) is 22.6 Å². The fourth-order valence-electron chi connectivity index (χ4n) is 3.09. The third-order valence-electron chi connectivity index (χ3n) is 4.39. The number of alkyl halides is 3. The number of hydrogen-bond donors (Lipinski definition) is 0. The molecule has 0 saturated carbocycles. The van der Waals surface area contributed by atoms with E-state index in [9.17, 15) is 18.0 Å². The average molecular weight is 421 g/mol. The van der Waals surface area contributed by atoms with Crippen molar-refractivity contribution in [2.24, 2.45) is 0 Å². The van der Waals surface area contributed by atoms with Crippen LogP contribution in [0.1, 0.15) is 23.4 Å². The van der Waals surface area contributed by atoms with Crippen LogP contribution in [-0.2, 0) is 12.7 Å². The number of benzene rings is 2. The standard InChI is InChI=1S/C19H12BrF3N2O/c20-14-4-1-11(2-5-14)9-12-7-8-25-17(12)24-16-10-13(19(21,22)23)3-6-15(16)18(25)26/h1-6,9-10H,7-8H2/b12-9+. The molecule has 0 unspecified atom stereocenters. The van der Waals surface area contributed by atoms with Gasteiger partial charge >= 0.3 is 6.18 Å². The van der Waals surface area contributed by atoms with Gasteiger partial charge in [-0.25, -0.2) is 4.98 Å². The zero-order chi connectivity index (χ0) is 18.5. The number of fused-ring (bicyclic) bond motifs is 2. The Morgan fingerprint density at radius 3 is 2.54 bits per heavy atom. The van der Waals surface area contributed by atoms with Gasteiger partial charge in [0.15, 0.2) is 0 Å². The number of halogens is 4. The van der Waals surface area contributed by atoms with Crippen molar-refractivity contribution in [1.29, 1.82) is 0 Å². The van der Waals surface area contributed by atoms with Crippen molar-refractivity contribution < 1.29 is 13.2 Å². The lowest BCUT2D eigenvalue weighted by molar-refractivity contribution is -0.137. The van der Waals surface area contributed by atoms with E-state index < -0.39 is 11.7 Å². The van der Waals surface area contributed by atoms with E-state index in [0.29, 0.717) is 18.8 Å². The first-order valence-corrected chi connectivity index (χ1v) is 8.70. The van der Waals surface area contributed by atoms with E-state index in [1.165, 1.54) is 10.6 Å². The first kappa shape index (κ1) is 17.0. The van der Waals surface area contributed by atoms with Crippen molar-refractivity contribution in [3.05, 3.63) is 74.2 Å². The molecule has 4 rings (SSSR count). The second-order valence-corrected chi connectivity index (χ2v) is 7.01. The number of hydrogen-bond acceptors (Lipinski definition) is 2. The molecular formula is C19H12BrF3N2O. The molecule has 7 heteroatoms. The molecule has 3 aromatic rings. The molecule has 0 atom stereocenters. The van der Waals surface area contributed by atoms with Gasteiger partial charge < -0.3 is 0 Å². The SMILES string of the molecule is O=c1c2ccc(C(F)(F)F)cc2nc2n1CC/C2=C\c1ccc(Br)cc1. The Morgan fingerprint density at radius 2 is 1.85 bits per heavy atom. The van der Waals surface area contributed by atoms with Gasteiger partial charge in [0.25, 0.3) is 5.56 Å². The molecular weight excluding hydrogens is 409 g/mol. The van der Waals surface area contributed by atoms with Crippen molar-refractivity contribution in [2.45, 2.75) is 19.1 Å². The predicted molar refractivity (Wildman–Crippen MR) is 97.6 cm³/mol. The second kappa shape index (κ2) is 6.09. The summed E-state index contributed by atoms with van der Waals surface area (Å²) < 4.78 is 41.4. The molecule has 0 bridgehead atoms. The molecule has 0 radical (unpaired) electrons. The Kier molecular flexibility index (Phi) is 3.99. The third-order valence-corrected chi connectivity index (χ3v) is 4.91. The first-order valence-electron chi connectivity index (χ1n) is 7.91. The van der Waals surface area contributed by atoms with Crippen LogP contribution in [0, 0.1) is 0 Å². The highest BCUT2D eigenvalue weighted by molar-refractivity contribution is 9.10. The van der Waals surface area contributed by atoms with Crippen LogP contribution in [0.3, 0.4) is 0 Å². The average Bonchev–Trinajstić information content (AvgIpc) is 2.99. The fraction of sp³-hybridized carbons (Fsp3) is 0.158. The van der Waals surface area contributed by atoms with Crippen LogP contribution in [0.15, 0.2) is 51.7 Å². The molecule has 0 N–H and O–H groups in total. The minimum absolute atomic E-state index is 0.0691. The smallest absolute Gasteiger partial charge is 0.292 e. The Bertz CT molecular complexity index is 1100. The van der Waals surface area contributed by atoms with Crippen LogP contribution in [0.5, 0.6) is 0 Å². The van der Waals surface area contributed by atoms with Gasteiger partial charge in [0.2, 0.25) is 0 Å². The lowest BCUT2D eigenvalue weighted by Crippen LogP contribution is -2.21. The first-order chi connectivity index (χ1) is 12.3. The highest BCUT2D eigenvalue weighted by Crippen LogP contribution is 2.32. The zero-order valence-electron chi connectivity index (χ0n) is 13.3. The maximum atomic E-state index is 13.0. The summed E-state index contributed by atoms with van der Waals surface area (Å²) in [7, 11) is 0. The summed E-state index contributed by atoms with van der Waals surface area (Å²) >= 11 is 3.37. The molecule has 0 spiro atoms. The summed E-state index contributed by atoms with van der Waals surface area (Å²) in [5.41, 5.74) is 0.731. The molecule has 26 heavy (non-hydrogen) atoms. The summed E-state index contributed by atoms with van der Waals surface area (Å²) in [6, 6.07) is 10.7. The van der Waals surface area contributed by atoms with Gasteiger partial charge in [-0.1, -0.05) is 28.1 Å². The fourth-order valence-corrected chi connectivity index (χ4v) is 3.36. The van der Waals surface area contributed by atoms with Crippen molar-refractivity contribution in [2.75, 3.05) is 0 Å². The summed E-state index contributed by atoms with van der Waals surface area (Å²) in [6.45, 7) is 0.473. The number of allylic oxidation sites excluding steroid dienone is 1. The van der Waals surface area contributed by atoms with E-state index in [0.717, 1.165) is 27.7 Å². The number of rotatable bonds is 1. The van der Waals surface area contributed by atoms with Crippen molar-refractivity contribution in [1.82, 2.24) is 9.55 Å². The summed E-state index contributed by atoms with van der Waals surface area (Å²) in [4.78, 5) is 17.0. The van der Waals surface area contributed by atoms with Gasteiger partial charge in [-0.05, 0) is 54.0 Å². The highest BCUT2D eigenvalue weighted by Gasteiger charge is 2.31. The molecule has 0 fully saturated rings. The maximum absolute atomic E-state index is 13.0. The molecule has 2 aromatic carbocycles. The summed E-state index contributed by atoms with van der Waals surface area (Å²) in [5, 5.41) is 0.201. The van der Waals surface area contributed by atoms with Crippen molar-refractivity contribution >= 4 is 38.5 Å². The summed E-state index contributed by atoms with van der Waals surface area (Å²) in [5.74, 6) is 0.435. The van der Waals surface area contributed by atoms with Crippen LogP contribution < -0.4 is 5.56 Å². The van der Waals surface area contributed by atoms with Gasteiger partial charge in [0.1, 0.15) is 5.82 Å². The van der Waals surface area contributed by atoms with E-state index in [-0.39, 0.29) is 16.5 Å². The van der Waals surface area contributed by atoms with E-state index in [2.05, 4.69) is 20.9 Å². The number of nitrogens with zero attached hydrogens (tertiary/aromatic N) is 2. The van der Waals surface area contributed by atoms with E-state index >= 15 is 0 Å².